The molecule has 84 valence electrons. The Morgan fingerprint density at radius 1 is 1.12 bits per heavy atom. The number of aryl methyl sites for hydroxylation is 1. The number of aromatic nitrogens is 2. The smallest absolute Gasteiger partial charge is 0.253 e. The molecule has 0 saturated heterocycles. The number of nitrogens with zero attached hydrogens (tertiary/aromatic N) is 2. The van der Waals surface area contributed by atoms with Crippen molar-refractivity contribution in [1.29, 1.82) is 0 Å². The highest BCUT2D eigenvalue weighted by Crippen LogP contribution is 2.11. The van der Waals surface area contributed by atoms with Crippen LogP contribution in [0.1, 0.15) is 11.8 Å². The summed E-state index contributed by atoms with van der Waals surface area (Å²) in [5.41, 5.74) is 0. The van der Waals surface area contributed by atoms with Crippen LogP contribution in [-0.4, -0.2) is 16.1 Å². The van der Waals surface area contributed by atoms with Gasteiger partial charge in [0.25, 0.3) is 5.89 Å². The van der Waals surface area contributed by atoms with Crippen LogP contribution >= 0.6 is 11.6 Å². The summed E-state index contributed by atoms with van der Waals surface area (Å²) in [7, 11) is 0. The first-order valence-corrected chi connectivity index (χ1v) is 5.47. The van der Waals surface area contributed by atoms with E-state index in [2.05, 4.69) is 10.2 Å². The molecule has 0 spiro atoms. The van der Waals surface area contributed by atoms with Crippen LogP contribution < -0.4 is 4.74 Å². The zero-order valence-corrected chi connectivity index (χ0v) is 9.35. The Bertz CT molecular complexity index is 431. The van der Waals surface area contributed by atoms with E-state index >= 15 is 0 Å². The number of ether oxygens (including phenoxy) is 1. The Hall–Kier alpha value is -1.55. The van der Waals surface area contributed by atoms with Gasteiger partial charge in [0.2, 0.25) is 5.89 Å². The molecule has 0 aliphatic heterocycles. The van der Waals surface area contributed by atoms with Gasteiger partial charge in [-0.3, -0.25) is 0 Å². The van der Waals surface area contributed by atoms with E-state index in [0.717, 1.165) is 5.75 Å². The molecule has 4 nitrogen and oxygen atoms in total. The van der Waals surface area contributed by atoms with Crippen LogP contribution in [0.15, 0.2) is 34.7 Å². The molecular formula is C11H11ClN2O2. The van der Waals surface area contributed by atoms with Gasteiger partial charge in [0, 0.05) is 12.3 Å². The average Bonchev–Trinajstić information content (AvgIpc) is 2.76. The summed E-state index contributed by atoms with van der Waals surface area (Å²) in [6, 6.07) is 9.48. The molecule has 1 aromatic carbocycles. The van der Waals surface area contributed by atoms with Gasteiger partial charge in [-0.15, -0.1) is 21.8 Å². The van der Waals surface area contributed by atoms with Gasteiger partial charge < -0.3 is 9.15 Å². The molecule has 0 radical (unpaired) electrons. The van der Waals surface area contributed by atoms with E-state index in [9.17, 15) is 0 Å². The van der Waals surface area contributed by atoms with Crippen molar-refractivity contribution in [3.8, 4) is 5.75 Å². The Morgan fingerprint density at radius 3 is 2.62 bits per heavy atom. The van der Waals surface area contributed by atoms with Gasteiger partial charge in [-0.2, -0.15) is 0 Å². The third-order valence-electron chi connectivity index (χ3n) is 1.92. The van der Waals surface area contributed by atoms with Crippen molar-refractivity contribution in [2.75, 3.05) is 5.88 Å². The van der Waals surface area contributed by atoms with E-state index in [1.807, 2.05) is 30.3 Å². The fourth-order valence-corrected chi connectivity index (χ4v) is 1.35. The molecule has 2 rings (SSSR count). The van der Waals surface area contributed by atoms with Gasteiger partial charge in [-0.1, -0.05) is 18.2 Å². The third kappa shape index (κ3) is 2.97. The van der Waals surface area contributed by atoms with Gasteiger partial charge in [0.15, 0.2) is 6.61 Å². The minimum Gasteiger partial charge on any atom is -0.484 e. The van der Waals surface area contributed by atoms with Crippen molar-refractivity contribution in [2.24, 2.45) is 0 Å². The predicted octanol–water partition coefficient (Wildman–Crippen LogP) is 2.43. The number of halogens is 1. The molecule has 0 atom stereocenters. The molecule has 0 unspecified atom stereocenters. The maximum atomic E-state index is 5.56. The van der Waals surface area contributed by atoms with Gasteiger partial charge in [0.1, 0.15) is 5.75 Å². The van der Waals surface area contributed by atoms with Gasteiger partial charge in [-0.25, -0.2) is 0 Å². The molecule has 0 N–H and O–H groups in total. The molecule has 0 fully saturated rings. The molecule has 0 saturated carbocycles. The number of hydrogen-bond donors (Lipinski definition) is 0. The maximum absolute atomic E-state index is 5.56. The van der Waals surface area contributed by atoms with E-state index in [1.54, 1.807) is 0 Å². The number of alkyl halides is 1. The van der Waals surface area contributed by atoms with E-state index in [1.165, 1.54) is 0 Å². The lowest BCUT2D eigenvalue weighted by Gasteiger charge is -2.01. The highest BCUT2D eigenvalue weighted by Gasteiger charge is 2.05. The number of benzene rings is 1. The fraction of sp³-hybridized carbons (Fsp3) is 0.273. The van der Waals surface area contributed by atoms with E-state index in [-0.39, 0.29) is 6.61 Å². The zero-order chi connectivity index (χ0) is 11.2. The molecule has 2 aromatic rings. The first-order chi connectivity index (χ1) is 7.88. The van der Waals surface area contributed by atoms with Crippen molar-refractivity contribution >= 4 is 11.6 Å². The Kier molecular flexibility index (Phi) is 3.77. The topological polar surface area (TPSA) is 48.2 Å². The summed E-state index contributed by atoms with van der Waals surface area (Å²) < 4.78 is 10.8. The van der Waals surface area contributed by atoms with E-state index < -0.39 is 0 Å². The third-order valence-corrected chi connectivity index (χ3v) is 2.11. The monoisotopic (exact) mass is 238 g/mol. The molecule has 5 heteroatoms. The summed E-state index contributed by atoms with van der Waals surface area (Å²) in [5, 5.41) is 7.69. The van der Waals surface area contributed by atoms with Crippen LogP contribution in [0.2, 0.25) is 0 Å². The van der Waals surface area contributed by atoms with Crippen LogP contribution in [0.5, 0.6) is 5.75 Å². The van der Waals surface area contributed by atoms with Gasteiger partial charge in [0.05, 0.1) is 0 Å². The van der Waals surface area contributed by atoms with E-state index in [0.29, 0.717) is 24.1 Å². The summed E-state index contributed by atoms with van der Waals surface area (Å²) in [5.74, 6) is 2.26. The molecule has 0 aliphatic carbocycles. The molecular weight excluding hydrogens is 228 g/mol. The van der Waals surface area contributed by atoms with Crippen molar-refractivity contribution in [2.45, 2.75) is 13.0 Å². The SMILES string of the molecule is ClCCc1nnc(COc2ccccc2)o1. The molecule has 16 heavy (non-hydrogen) atoms. The summed E-state index contributed by atoms with van der Waals surface area (Å²) in [4.78, 5) is 0. The first-order valence-electron chi connectivity index (χ1n) is 4.93. The van der Waals surface area contributed by atoms with E-state index in [4.69, 9.17) is 20.8 Å². The van der Waals surface area contributed by atoms with Crippen molar-refractivity contribution < 1.29 is 9.15 Å². The average molecular weight is 239 g/mol. The molecule has 1 aromatic heterocycles. The lowest BCUT2D eigenvalue weighted by atomic mass is 10.3. The van der Waals surface area contributed by atoms with Crippen molar-refractivity contribution in [3.05, 3.63) is 42.1 Å². The highest BCUT2D eigenvalue weighted by atomic mass is 35.5. The lowest BCUT2D eigenvalue weighted by molar-refractivity contribution is 0.259. The number of para-hydroxylation sites is 1. The summed E-state index contributed by atoms with van der Waals surface area (Å²) >= 11 is 5.56. The predicted molar refractivity (Wildman–Crippen MR) is 59.5 cm³/mol. The van der Waals surface area contributed by atoms with Crippen LogP contribution in [0, 0.1) is 0 Å². The summed E-state index contributed by atoms with van der Waals surface area (Å²) in [6.45, 7) is 0.277. The highest BCUT2D eigenvalue weighted by molar-refractivity contribution is 6.17. The standard InChI is InChI=1S/C11H11ClN2O2/c12-7-6-10-13-14-11(16-10)8-15-9-4-2-1-3-5-9/h1-5H,6-8H2. The van der Waals surface area contributed by atoms with Crippen molar-refractivity contribution in [1.82, 2.24) is 10.2 Å². The second kappa shape index (κ2) is 5.51. The molecule has 1 heterocycles. The zero-order valence-electron chi connectivity index (χ0n) is 8.60. The second-order valence-corrected chi connectivity index (χ2v) is 3.51. The minimum absolute atomic E-state index is 0.277. The molecule has 0 aliphatic rings. The quantitative estimate of drug-likeness (QED) is 0.751. The van der Waals surface area contributed by atoms with Crippen molar-refractivity contribution in [3.63, 3.8) is 0 Å². The number of hydrogen-bond acceptors (Lipinski definition) is 4. The largest absolute Gasteiger partial charge is 0.484 e. The second-order valence-electron chi connectivity index (χ2n) is 3.13. The summed E-state index contributed by atoms with van der Waals surface area (Å²) in [6.07, 6.45) is 0.583. The van der Waals surface area contributed by atoms with Gasteiger partial charge >= 0.3 is 0 Å². The molecule has 0 bridgehead atoms. The van der Waals surface area contributed by atoms with Crippen LogP contribution in [0.25, 0.3) is 0 Å². The Balaban J connectivity index is 1.89. The van der Waals surface area contributed by atoms with Crippen LogP contribution in [0.4, 0.5) is 0 Å². The normalized spacial score (nSPS) is 10.3. The first kappa shape index (κ1) is 11.0. The van der Waals surface area contributed by atoms with Crippen LogP contribution in [0.3, 0.4) is 0 Å². The maximum Gasteiger partial charge on any atom is 0.253 e. The molecule has 0 amide bonds. The Labute approximate surface area is 98.2 Å². The lowest BCUT2D eigenvalue weighted by Crippen LogP contribution is -1.95. The number of rotatable bonds is 5. The fourth-order valence-electron chi connectivity index (χ4n) is 1.19. The van der Waals surface area contributed by atoms with Gasteiger partial charge in [-0.05, 0) is 12.1 Å². The Morgan fingerprint density at radius 2 is 1.88 bits per heavy atom. The van der Waals surface area contributed by atoms with Crippen LogP contribution in [-0.2, 0) is 13.0 Å². The minimum atomic E-state index is 0.277.